The molecule has 4 atom stereocenters. The SMILES string of the molecule is CNC(CCNC(=O)Oc1ccc(C[C@H](N)C(=O)C2CC2)cc1)C(=O)C[C@@H](CSC1CC(=O)N(CCC(=O)CCCOC)C1=O)C(N)=O. The number of nitrogens with two attached hydrogens (primary N) is 2. The molecule has 1 aliphatic carbocycles. The van der Waals surface area contributed by atoms with Crippen molar-refractivity contribution < 1.29 is 43.0 Å². The first-order chi connectivity index (χ1) is 22.9. The summed E-state index contributed by atoms with van der Waals surface area (Å²) in [5.74, 6) is -2.20. The number of methoxy groups -OCH3 is 1. The molecule has 1 saturated carbocycles. The molecule has 1 saturated heterocycles. The number of amides is 4. The number of carbonyl (C=O) groups is 7. The van der Waals surface area contributed by atoms with Gasteiger partial charge in [0.2, 0.25) is 17.7 Å². The number of likely N-dealkylation sites (tertiary alicyclic amines) is 1. The highest BCUT2D eigenvalue weighted by atomic mass is 32.2. The molecular weight excluding hydrogens is 642 g/mol. The fraction of sp³-hybridized carbons (Fsp3) is 0.606. The Hall–Kier alpha value is -3.66. The molecule has 0 aromatic heterocycles. The maximum absolute atomic E-state index is 13.0. The summed E-state index contributed by atoms with van der Waals surface area (Å²) in [5, 5.41) is 4.77. The average molecular weight is 690 g/mol. The molecule has 0 spiro atoms. The molecule has 15 heteroatoms. The minimum absolute atomic E-state index is 0.00858. The molecule has 3 rings (SSSR count). The van der Waals surface area contributed by atoms with Crippen molar-refractivity contribution in [3.8, 4) is 5.75 Å². The molecule has 4 amide bonds. The molecule has 1 aromatic rings. The Morgan fingerprint density at radius 2 is 1.79 bits per heavy atom. The molecule has 1 heterocycles. The number of imide groups is 1. The number of hydrogen-bond acceptors (Lipinski definition) is 12. The van der Waals surface area contributed by atoms with Gasteiger partial charge in [0.05, 0.1) is 23.3 Å². The van der Waals surface area contributed by atoms with Crippen molar-refractivity contribution in [2.75, 3.05) is 39.6 Å². The van der Waals surface area contributed by atoms with Crippen LogP contribution in [0.15, 0.2) is 24.3 Å². The van der Waals surface area contributed by atoms with Crippen molar-refractivity contribution >= 4 is 52.9 Å². The van der Waals surface area contributed by atoms with Crippen molar-refractivity contribution in [3.63, 3.8) is 0 Å². The lowest BCUT2D eigenvalue weighted by Gasteiger charge is -2.19. The topological polar surface area (TPSA) is 217 Å². The van der Waals surface area contributed by atoms with E-state index in [0.29, 0.717) is 31.6 Å². The monoisotopic (exact) mass is 689 g/mol. The van der Waals surface area contributed by atoms with Crippen LogP contribution in [0.2, 0.25) is 0 Å². The highest BCUT2D eigenvalue weighted by Crippen LogP contribution is 2.31. The normalized spacial score (nSPS) is 17.9. The lowest BCUT2D eigenvalue weighted by molar-refractivity contribution is -0.138. The Balaban J connectivity index is 1.39. The summed E-state index contributed by atoms with van der Waals surface area (Å²) in [6.45, 7) is 0.565. The molecule has 2 aliphatic rings. The summed E-state index contributed by atoms with van der Waals surface area (Å²) < 4.78 is 10.2. The van der Waals surface area contributed by atoms with Crippen LogP contribution in [0.3, 0.4) is 0 Å². The van der Waals surface area contributed by atoms with E-state index in [4.69, 9.17) is 20.9 Å². The van der Waals surface area contributed by atoms with Gasteiger partial charge in [-0.15, -0.1) is 11.8 Å². The summed E-state index contributed by atoms with van der Waals surface area (Å²) in [6, 6.07) is 5.49. The van der Waals surface area contributed by atoms with Gasteiger partial charge in [-0.25, -0.2) is 4.79 Å². The predicted molar refractivity (Wildman–Crippen MR) is 178 cm³/mol. The van der Waals surface area contributed by atoms with E-state index >= 15 is 0 Å². The van der Waals surface area contributed by atoms with Crippen LogP contribution in [0.25, 0.3) is 0 Å². The summed E-state index contributed by atoms with van der Waals surface area (Å²) in [4.78, 5) is 88.1. The van der Waals surface area contributed by atoms with Gasteiger partial charge in [0, 0.05) is 64.2 Å². The van der Waals surface area contributed by atoms with Gasteiger partial charge in [-0.2, -0.15) is 0 Å². The number of rotatable bonds is 23. The van der Waals surface area contributed by atoms with Gasteiger partial charge in [-0.3, -0.25) is 33.7 Å². The minimum atomic E-state index is -0.875. The van der Waals surface area contributed by atoms with Gasteiger partial charge in [-0.05, 0) is 56.8 Å². The number of thioether (sulfide) groups is 1. The van der Waals surface area contributed by atoms with Gasteiger partial charge in [0.15, 0.2) is 11.6 Å². The maximum atomic E-state index is 13.0. The van der Waals surface area contributed by atoms with Crippen molar-refractivity contribution in [1.29, 1.82) is 0 Å². The molecular formula is C33H47N5O9S. The number of Topliss-reactive ketones (excluding diaryl/α,β-unsaturated/α-hetero) is 3. The number of nitrogens with zero attached hydrogens (tertiary/aromatic N) is 1. The lowest BCUT2D eigenvalue weighted by Crippen LogP contribution is -2.41. The van der Waals surface area contributed by atoms with Crippen LogP contribution in [-0.4, -0.2) is 103 Å². The molecule has 6 N–H and O–H groups in total. The predicted octanol–water partition coefficient (Wildman–Crippen LogP) is 0.909. The number of ether oxygens (including phenoxy) is 2. The van der Waals surface area contributed by atoms with Crippen molar-refractivity contribution in [2.45, 2.75) is 75.1 Å². The van der Waals surface area contributed by atoms with E-state index in [1.807, 2.05) is 0 Å². The molecule has 264 valence electrons. The van der Waals surface area contributed by atoms with Crippen LogP contribution in [0, 0.1) is 11.8 Å². The number of carbonyl (C=O) groups excluding carboxylic acids is 7. The van der Waals surface area contributed by atoms with E-state index < -0.39 is 41.2 Å². The molecule has 0 radical (unpaired) electrons. The number of nitrogens with one attached hydrogen (secondary N) is 2. The summed E-state index contributed by atoms with van der Waals surface area (Å²) in [7, 11) is 3.13. The van der Waals surface area contributed by atoms with E-state index in [9.17, 15) is 33.6 Å². The highest BCUT2D eigenvalue weighted by molar-refractivity contribution is 8.00. The molecule has 1 aliphatic heterocycles. The molecule has 2 unspecified atom stereocenters. The second kappa shape index (κ2) is 19.4. The Morgan fingerprint density at radius 1 is 1.08 bits per heavy atom. The minimum Gasteiger partial charge on any atom is -0.410 e. The smallest absolute Gasteiger partial charge is 0.410 e. The Morgan fingerprint density at radius 3 is 2.42 bits per heavy atom. The largest absolute Gasteiger partial charge is 0.412 e. The molecule has 48 heavy (non-hydrogen) atoms. The Kier molecular flexibility index (Phi) is 15.6. The van der Waals surface area contributed by atoms with E-state index in [1.54, 1.807) is 38.4 Å². The van der Waals surface area contributed by atoms with Gasteiger partial charge < -0.3 is 31.6 Å². The Bertz CT molecular complexity index is 1320. The zero-order chi connectivity index (χ0) is 35.2. The highest BCUT2D eigenvalue weighted by Gasteiger charge is 2.39. The third kappa shape index (κ3) is 12.4. The number of likely N-dealkylation sites (N-methyl/N-ethyl adjacent to an activating group) is 1. The van der Waals surface area contributed by atoms with Crippen molar-refractivity contribution in [1.82, 2.24) is 15.5 Å². The van der Waals surface area contributed by atoms with Crippen LogP contribution in [0.1, 0.15) is 56.9 Å². The van der Waals surface area contributed by atoms with Crippen LogP contribution in [-0.2, 0) is 39.9 Å². The van der Waals surface area contributed by atoms with Gasteiger partial charge in [-0.1, -0.05) is 12.1 Å². The van der Waals surface area contributed by atoms with Gasteiger partial charge >= 0.3 is 6.09 Å². The van der Waals surface area contributed by atoms with Gasteiger partial charge in [0.25, 0.3) is 0 Å². The van der Waals surface area contributed by atoms with E-state index in [-0.39, 0.29) is 73.7 Å². The number of benzene rings is 1. The molecule has 1 aromatic carbocycles. The van der Waals surface area contributed by atoms with Crippen molar-refractivity contribution in [2.24, 2.45) is 23.3 Å². The zero-order valence-corrected chi connectivity index (χ0v) is 28.4. The van der Waals surface area contributed by atoms with Crippen LogP contribution >= 0.6 is 11.8 Å². The van der Waals surface area contributed by atoms with E-state index in [2.05, 4.69) is 10.6 Å². The molecule has 14 nitrogen and oxygen atoms in total. The van der Waals surface area contributed by atoms with Crippen LogP contribution < -0.4 is 26.8 Å². The summed E-state index contributed by atoms with van der Waals surface area (Å²) in [5.41, 5.74) is 12.4. The van der Waals surface area contributed by atoms with E-state index in [1.165, 1.54) is 0 Å². The number of hydrogen-bond donors (Lipinski definition) is 4. The quantitative estimate of drug-likeness (QED) is 0.0931. The average Bonchev–Trinajstić information content (AvgIpc) is 3.86. The first-order valence-corrected chi connectivity index (χ1v) is 17.3. The van der Waals surface area contributed by atoms with Gasteiger partial charge in [0.1, 0.15) is 11.5 Å². The lowest BCUT2D eigenvalue weighted by atomic mass is 9.98. The van der Waals surface area contributed by atoms with Crippen LogP contribution in [0.4, 0.5) is 4.79 Å². The fourth-order valence-electron chi connectivity index (χ4n) is 5.30. The molecule has 2 fully saturated rings. The summed E-state index contributed by atoms with van der Waals surface area (Å²) >= 11 is 1.10. The molecule has 0 bridgehead atoms. The third-order valence-electron chi connectivity index (χ3n) is 8.34. The second-order valence-electron chi connectivity index (χ2n) is 12.1. The first kappa shape index (κ1) is 38.8. The maximum Gasteiger partial charge on any atom is 0.412 e. The summed E-state index contributed by atoms with van der Waals surface area (Å²) in [6.07, 6.45) is 2.42. The third-order valence-corrected chi connectivity index (χ3v) is 9.71. The Labute approximate surface area is 284 Å². The number of primary amides is 1. The number of ketones is 3. The van der Waals surface area contributed by atoms with Crippen LogP contribution in [0.5, 0.6) is 5.75 Å². The standard InChI is InChI=1S/C33H47N5O9S/c1-36-26(11-13-37-33(45)47-24-9-5-20(6-10-24)16-25(34)30(42)21-7-8-21)27(40)17-22(31(35)43)19-48-28-18-29(41)38(32(28)44)14-12-23(39)4-3-15-46-2/h5-6,9-10,21-22,25-26,28,36H,3-4,7-8,11-19,34H2,1-2H3,(H2,35,43)(H,37,45)/t22-,25-,26?,28?/m0/s1. The zero-order valence-electron chi connectivity index (χ0n) is 27.6. The van der Waals surface area contributed by atoms with E-state index in [0.717, 1.165) is 35.1 Å². The van der Waals surface area contributed by atoms with Crippen molar-refractivity contribution in [3.05, 3.63) is 29.8 Å². The first-order valence-electron chi connectivity index (χ1n) is 16.2. The second-order valence-corrected chi connectivity index (χ2v) is 13.4. The fourth-order valence-corrected chi connectivity index (χ4v) is 6.58.